The summed E-state index contributed by atoms with van der Waals surface area (Å²) in [6.07, 6.45) is 5.68. The zero-order valence-electron chi connectivity index (χ0n) is 17.8. The fourth-order valence-electron chi connectivity index (χ4n) is 4.64. The number of carbonyl (C=O) groups is 1. The normalized spacial score (nSPS) is 18.5. The molecule has 0 saturated heterocycles. The molecule has 31 heavy (non-hydrogen) atoms. The Morgan fingerprint density at radius 1 is 1.16 bits per heavy atom. The number of phenolic OH excluding ortho intramolecular Hbond substituents is 1. The van der Waals surface area contributed by atoms with E-state index in [9.17, 15) is 15.0 Å². The second kappa shape index (κ2) is 9.16. The lowest BCUT2D eigenvalue weighted by molar-refractivity contribution is -0.118. The highest BCUT2D eigenvalue weighted by Crippen LogP contribution is 2.41. The van der Waals surface area contributed by atoms with Gasteiger partial charge in [0.15, 0.2) is 12.4 Å². The molecule has 1 aliphatic heterocycles. The number of aromatic hydroxyl groups is 1. The topological polar surface area (TPSA) is 100 Å². The number of aliphatic hydroxyl groups excluding tert-OH is 1. The largest absolute Gasteiger partial charge is 0.506 e. The molecule has 166 valence electrons. The lowest BCUT2D eigenvalue weighted by Gasteiger charge is -2.39. The molecule has 1 saturated carbocycles. The minimum Gasteiger partial charge on any atom is -0.506 e. The van der Waals surface area contributed by atoms with Gasteiger partial charge in [-0.15, -0.1) is 0 Å². The van der Waals surface area contributed by atoms with Crippen LogP contribution < -0.4 is 20.1 Å². The molecule has 4 N–H and O–H groups in total. The maximum absolute atomic E-state index is 11.6. The van der Waals surface area contributed by atoms with Crippen LogP contribution in [0.2, 0.25) is 0 Å². The fourth-order valence-corrected chi connectivity index (χ4v) is 4.64. The van der Waals surface area contributed by atoms with Gasteiger partial charge in [0.1, 0.15) is 17.2 Å². The number of fused-ring (bicyclic) bond motifs is 1. The third kappa shape index (κ3) is 4.78. The first-order valence-corrected chi connectivity index (χ1v) is 10.8. The third-order valence-corrected chi connectivity index (χ3v) is 6.32. The molecule has 1 unspecified atom stereocenters. The van der Waals surface area contributed by atoms with E-state index in [-0.39, 0.29) is 29.5 Å². The summed E-state index contributed by atoms with van der Waals surface area (Å²) in [5.41, 5.74) is 1.92. The zero-order chi connectivity index (χ0) is 21.8. The standard InChI is InChI=1S/C24H30N2O5/c1-30-17-7-5-16(6-8-17)13-24(11-3-2-4-12-24)25-14-20(28)18-9-10-19(27)22-23(18)31-15-21(29)26-22/h5-10,20,25,27-28H,2-4,11-15H2,1H3,(H,26,29). The van der Waals surface area contributed by atoms with Gasteiger partial charge < -0.3 is 30.3 Å². The Labute approximate surface area is 182 Å². The van der Waals surface area contributed by atoms with Crippen LogP contribution in [0.4, 0.5) is 5.69 Å². The molecule has 2 aromatic carbocycles. The summed E-state index contributed by atoms with van der Waals surface area (Å²) in [4.78, 5) is 11.6. The maximum Gasteiger partial charge on any atom is 0.262 e. The van der Waals surface area contributed by atoms with Crippen LogP contribution in [-0.2, 0) is 11.2 Å². The van der Waals surface area contributed by atoms with Crippen molar-refractivity contribution < 1.29 is 24.5 Å². The Morgan fingerprint density at radius 3 is 2.61 bits per heavy atom. The first kappa shape index (κ1) is 21.5. The number of amides is 1. The van der Waals surface area contributed by atoms with E-state index in [1.54, 1.807) is 13.2 Å². The van der Waals surface area contributed by atoms with Crippen LogP contribution in [0.3, 0.4) is 0 Å². The average molecular weight is 427 g/mol. The number of methoxy groups -OCH3 is 1. The second-order valence-electron chi connectivity index (χ2n) is 8.48. The van der Waals surface area contributed by atoms with Crippen molar-refractivity contribution in [1.29, 1.82) is 0 Å². The second-order valence-corrected chi connectivity index (χ2v) is 8.48. The van der Waals surface area contributed by atoms with Crippen molar-refractivity contribution in [3.05, 3.63) is 47.5 Å². The number of nitrogens with one attached hydrogen (secondary N) is 2. The Kier molecular flexibility index (Phi) is 6.34. The molecule has 4 rings (SSSR count). The summed E-state index contributed by atoms with van der Waals surface area (Å²) in [7, 11) is 1.66. The highest BCUT2D eigenvalue weighted by Gasteiger charge is 2.33. The quantitative estimate of drug-likeness (QED) is 0.507. The van der Waals surface area contributed by atoms with Gasteiger partial charge in [-0.3, -0.25) is 4.79 Å². The number of ether oxygens (including phenoxy) is 2. The lowest BCUT2D eigenvalue weighted by atomic mass is 9.77. The van der Waals surface area contributed by atoms with Gasteiger partial charge in [0, 0.05) is 17.6 Å². The van der Waals surface area contributed by atoms with Gasteiger partial charge in [0.25, 0.3) is 5.91 Å². The Hall–Kier alpha value is -2.77. The number of anilines is 1. The summed E-state index contributed by atoms with van der Waals surface area (Å²) in [6.45, 7) is 0.218. The van der Waals surface area contributed by atoms with E-state index < -0.39 is 6.10 Å². The molecule has 7 heteroatoms. The summed E-state index contributed by atoms with van der Waals surface area (Å²) in [6, 6.07) is 11.3. The molecule has 0 aromatic heterocycles. The molecular formula is C24H30N2O5. The van der Waals surface area contributed by atoms with Crippen LogP contribution in [0.1, 0.15) is 49.3 Å². The predicted molar refractivity (Wildman–Crippen MR) is 118 cm³/mol. The average Bonchev–Trinajstić information content (AvgIpc) is 2.79. The van der Waals surface area contributed by atoms with Crippen LogP contribution in [0.5, 0.6) is 17.2 Å². The molecular weight excluding hydrogens is 396 g/mol. The van der Waals surface area contributed by atoms with E-state index in [1.165, 1.54) is 18.1 Å². The zero-order valence-corrected chi connectivity index (χ0v) is 17.8. The van der Waals surface area contributed by atoms with Crippen LogP contribution in [-0.4, -0.2) is 41.9 Å². The molecule has 1 aliphatic carbocycles. The summed E-state index contributed by atoms with van der Waals surface area (Å²) >= 11 is 0. The molecule has 7 nitrogen and oxygen atoms in total. The van der Waals surface area contributed by atoms with Gasteiger partial charge in [-0.1, -0.05) is 31.4 Å². The van der Waals surface area contributed by atoms with E-state index in [0.29, 0.717) is 17.9 Å². The number of rotatable bonds is 7. The molecule has 0 spiro atoms. The minimum atomic E-state index is -0.834. The Morgan fingerprint density at radius 2 is 1.90 bits per heavy atom. The van der Waals surface area contributed by atoms with Crippen molar-refractivity contribution in [2.75, 3.05) is 25.6 Å². The van der Waals surface area contributed by atoms with E-state index in [4.69, 9.17) is 9.47 Å². The summed E-state index contributed by atoms with van der Waals surface area (Å²) in [5.74, 6) is 0.777. The number of β-amino-alcohol motifs (C(OH)–C–C–N with tert-alkyl or cyclic N) is 1. The molecule has 1 atom stereocenters. The summed E-state index contributed by atoms with van der Waals surface area (Å²) in [5, 5.41) is 27.3. The molecule has 2 aliphatic rings. The van der Waals surface area contributed by atoms with E-state index in [1.807, 2.05) is 12.1 Å². The number of benzene rings is 2. The van der Waals surface area contributed by atoms with Gasteiger partial charge >= 0.3 is 0 Å². The van der Waals surface area contributed by atoms with Crippen molar-refractivity contribution in [1.82, 2.24) is 5.32 Å². The number of carbonyl (C=O) groups excluding carboxylic acids is 1. The van der Waals surface area contributed by atoms with Gasteiger partial charge in [0.05, 0.1) is 13.2 Å². The molecule has 1 heterocycles. The molecule has 0 bridgehead atoms. The van der Waals surface area contributed by atoms with Crippen molar-refractivity contribution >= 4 is 11.6 Å². The molecule has 0 radical (unpaired) electrons. The van der Waals surface area contributed by atoms with Crippen LogP contribution in [0, 0.1) is 0 Å². The highest BCUT2D eigenvalue weighted by atomic mass is 16.5. The van der Waals surface area contributed by atoms with Crippen molar-refractivity contribution in [2.45, 2.75) is 50.2 Å². The Bertz CT molecular complexity index is 922. The Balaban J connectivity index is 1.50. The van der Waals surface area contributed by atoms with Gasteiger partial charge in [-0.2, -0.15) is 0 Å². The van der Waals surface area contributed by atoms with Gasteiger partial charge in [-0.05, 0) is 49.1 Å². The highest BCUT2D eigenvalue weighted by molar-refractivity contribution is 5.97. The lowest BCUT2D eigenvalue weighted by Crippen LogP contribution is -2.50. The number of hydrogen-bond donors (Lipinski definition) is 4. The first-order valence-electron chi connectivity index (χ1n) is 10.8. The molecule has 1 amide bonds. The predicted octanol–water partition coefficient (Wildman–Crippen LogP) is 3.30. The van der Waals surface area contributed by atoms with Crippen molar-refractivity contribution in [3.63, 3.8) is 0 Å². The molecule has 1 fully saturated rings. The number of hydrogen-bond acceptors (Lipinski definition) is 6. The smallest absolute Gasteiger partial charge is 0.262 e. The van der Waals surface area contributed by atoms with E-state index in [2.05, 4.69) is 22.8 Å². The SMILES string of the molecule is COc1ccc(CC2(NCC(O)c3ccc(O)c4c3OCC(=O)N4)CCCCC2)cc1. The van der Waals surface area contributed by atoms with Gasteiger partial charge in [0.2, 0.25) is 0 Å². The first-order chi connectivity index (χ1) is 15.0. The van der Waals surface area contributed by atoms with Crippen LogP contribution >= 0.6 is 0 Å². The van der Waals surface area contributed by atoms with Gasteiger partial charge in [-0.25, -0.2) is 0 Å². The van der Waals surface area contributed by atoms with Crippen molar-refractivity contribution in [2.24, 2.45) is 0 Å². The minimum absolute atomic E-state index is 0.0739. The third-order valence-electron chi connectivity index (χ3n) is 6.32. The summed E-state index contributed by atoms with van der Waals surface area (Å²) < 4.78 is 10.8. The number of aliphatic hydroxyl groups is 1. The van der Waals surface area contributed by atoms with E-state index >= 15 is 0 Å². The number of phenols is 1. The van der Waals surface area contributed by atoms with Crippen LogP contribution in [0.25, 0.3) is 0 Å². The van der Waals surface area contributed by atoms with Crippen LogP contribution in [0.15, 0.2) is 36.4 Å². The van der Waals surface area contributed by atoms with E-state index in [0.717, 1.165) is 37.9 Å². The fraction of sp³-hybridized carbons (Fsp3) is 0.458. The maximum atomic E-state index is 11.6. The monoisotopic (exact) mass is 426 g/mol. The van der Waals surface area contributed by atoms with Crippen molar-refractivity contribution in [3.8, 4) is 17.2 Å². The molecule has 2 aromatic rings.